The summed E-state index contributed by atoms with van der Waals surface area (Å²) in [5, 5.41) is 0. The van der Waals surface area contributed by atoms with Gasteiger partial charge in [-0.3, -0.25) is 4.31 Å². The van der Waals surface area contributed by atoms with E-state index in [0.717, 1.165) is 16.4 Å². The average Bonchev–Trinajstić information content (AvgIpc) is 2.41. The molecule has 0 aliphatic heterocycles. The third-order valence-corrected chi connectivity index (χ3v) is 4.51. The van der Waals surface area contributed by atoms with E-state index in [9.17, 15) is 12.8 Å². The Labute approximate surface area is 111 Å². The number of benzene rings is 2. The van der Waals surface area contributed by atoms with Crippen LogP contribution in [0.3, 0.4) is 0 Å². The van der Waals surface area contributed by atoms with Gasteiger partial charge in [0, 0.05) is 12.7 Å². The largest absolute Gasteiger partial charge is 0.399 e. The Morgan fingerprint density at radius 2 is 1.74 bits per heavy atom. The molecule has 4 nitrogen and oxygen atoms in total. The maximum atomic E-state index is 13.7. The second-order valence-corrected chi connectivity index (χ2v) is 5.94. The van der Waals surface area contributed by atoms with Crippen molar-refractivity contribution in [2.75, 3.05) is 17.1 Å². The summed E-state index contributed by atoms with van der Waals surface area (Å²) < 4.78 is 39.4. The van der Waals surface area contributed by atoms with Crippen LogP contribution in [-0.4, -0.2) is 15.5 Å². The number of anilines is 2. The van der Waals surface area contributed by atoms with Crippen molar-refractivity contribution in [1.82, 2.24) is 0 Å². The Balaban J connectivity index is 2.51. The van der Waals surface area contributed by atoms with Gasteiger partial charge in [0.15, 0.2) is 0 Å². The fourth-order valence-corrected chi connectivity index (χ4v) is 2.94. The quantitative estimate of drug-likeness (QED) is 0.877. The van der Waals surface area contributed by atoms with E-state index in [0.29, 0.717) is 5.69 Å². The molecule has 2 N–H and O–H groups in total. The minimum atomic E-state index is -3.97. The smallest absolute Gasteiger partial charge is 0.267 e. The molecular formula is C13H13FN2O2S. The lowest BCUT2D eigenvalue weighted by molar-refractivity contribution is 0.566. The highest BCUT2D eigenvalue weighted by molar-refractivity contribution is 7.92. The van der Waals surface area contributed by atoms with Crippen LogP contribution in [0.15, 0.2) is 53.4 Å². The number of hydrogen-bond acceptors (Lipinski definition) is 3. The molecule has 0 amide bonds. The Kier molecular flexibility index (Phi) is 3.44. The van der Waals surface area contributed by atoms with Crippen LogP contribution in [0.2, 0.25) is 0 Å². The molecule has 19 heavy (non-hydrogen) atoms. The van der Waals surface area contributed by atoms with Crippen molar-refractivity contribution < 1.29 is 12.8 Å². The Bertz CT molecular complexity index is 687. The normalized spacial score (nSPS) is 11.3. The standard InChI is InChI=1S/C13H13FN2O2S/c1-16(11-5-3-2-4-6-11)19(17,18)13-9-10(15)7-8-12(13)14/h2-9H,15H2,1H3. The summed E-state index contributed by atoms with van der Waals surface area (Å²) in [5.74, 6) is -0.822. The van der Waals surface area contributed by atoms with Gasteiger partial charge in [-0.05, 0) is 30.3 Å². The van der Waals surface area contributed by atoms with E-state index in [1.165, 1.54) is 13.1 Å². The van der Waals surface area contributed by atoms with Crippen LogP contribution in [0.25, 0.3) is 0 Å². The molecular weight excluding hydrogens is 267 g/mol. The maximum Gasteiger partial charge on any atom is 0.267 e. The summed E-state index contributed by atoms with van der Waals surface area (Å²) in [6.45, 7) is 0. The molecule has 6 heteroatoms. The lowest BCUT2D eigenvalue weighted by Crippen LogP contribution is -2.27. The maximum absolute atomic E-state index is 13.7. The highest BCUT2D eigenvalue weighted by atomic mass is 32.2. The van der Waals surface area contributed by atoms with Gasteiger partial charge < -0.3 is 5.73 Å². The number of para-hydroxylation sites is 1. The van der Waals surface area contributed by atoms with Crippen LogP contribution in [-0.2, 0) is 10.0 Å². The lowest BCUT2D eigenvalue weighted by atomic mass is 10.3. The number of nitrogen functional groups attached to an aromatic ring is 1. The topological polar surface area (TPSA) is 63.4 Å². The van der Waals surface area contributed by atoms with Gasteiger partial charge in [-0.2, -0.15) is 0 Å². The van der Waals surface area contributed by atoms with E-state index < -0.39 is 20.7 Å². The van der Waals surface area contributed by atoms with Crippen LogP contribution in [0.4, 0.5) is 15.8 Å². The fourth-order valence-electron chi connectivity index (χ4n) is 1.64. The first-order valence-corrected chi connectivity index (χ1v) is 6.96. The molecule has 0 fully saturated rings. The molecule has 0 spiro atoms. The summed E-state index contributed by atoms with van der Waals surface area (Å²) in [5.41, 5.74) is 6.16. The molecule has 0 heterocycles. The zero-order valence-corrected chi connectivity index (χ0v) is 11.1. The molecule has 0 saturated heterocycles. The highest BCUT2D eigenvalue weighted by Gasteiger charge is 2.24. The number of sulfonamides is 1. The monoisotopic (exact) mass is 280 g/mol. The van der Waals surface area contributed by atoms with E-state index in [2.05, 4.69) is 0 Å². The van der Waals surface area contributed by atoms with E-state index >= 15 is 0 Å². The Morgan fingerprint density at radius 3 is 2.37 bits per heavy atom. The zero-order valence-electron chi connectivity index (χ0n) is 10.2. The van der Waals surface area contributed by atoms with Crippen molar-refractivity contribution in [3.63, 3.8) is 0 Å². The Hall–Kier alpha value is -2.08. The minimum absolute atomic E-state index is 0.196. The van der Waals surface area contributed by atoms with Crippen molar-refractivity contribution >= 4 is 21.4 Å². The van der Waals surface area contributed by atoms with Gasteiger partial charge in [-0.1, -0.05) is 18.2 Å². The molecule has 0 aliphatic rings. The van der Waals surface area contributed by atoms with E-state index in [1.54, 1.807) is 30.3 Å². The number of nitrogens with two attached hydrogens (primary N) is 1. The SMILES string of the molecule is CN(c1ccccc1)S(=O)(=O)c1cc(N)ccc1F. The summed E-state index contributed by atoms with van der Waals surface area (Å²) >= 11 is 0. The summed E-state index contributed by atoms with van der Waals surface area (Å²) in [6.07, 6.45) is 0. The zero-order chi connectivity index (χ0) is 14.0. The molecule has 0 saturated carbocycles. The molecule has 100 valence electrons. The van der Waals surface area contributed by atoms with Gasteiger partial charge in [-0.25, -0.2) is 12.8 Å². The second kappa shape index (κ2) is 4.89. The molecule has 0 unspecified atom stereocenters. The van der Waals surface area contributed by atoms with Gasteiger partial charge in [0.25, 0.3) is 10.0 Å². The van der Waals surface area contributed by atoms with Gasteiger partial charge in [0.05, 0.1) is 5.69 Å². The molecule has 0 aliphatic carbocycles. The van der Waals surface area contributed by atoms with Gasteiger partial charge in [0.1, 0.15) is 10.7 Å². The molecule has 0 bridgehead atoms. The molecule has 2 rings (SSSR count). The summed E-state index contributed by atoms with van der Waals surface area (Å²) in [4.78, 5) is -0.432. The predicted octanol–water partition coefficient (Wildman–Crippen LogP) is 2.23. The summed E-state index contributed by atoms with van der Waals surface area (Å²) in [7, 11) is -2.60. The van der Waals surface area contributed by atoms with E-state index in [-0.39, 0.29) is 5.69 Å². The van der Waals surface area contributed by atoms with Crippen LogP contribution >= 0.6 is 0 Å². The predicted molar refractivity (Wildman–Crippen MR) is 72.8 cm³/mol. The van der Waals surface area contributed by atoms with Crippen LogP contribution in [0, 0.1) is 5.82 Å². The number of nitrogens with zero attached hydrogens (tertiary/aromatic N) is 1. The first-order valence-electron chi connectivity index (χ1n) is 5.52. The fraction of sp³-hybridized carbons (Fsp3) is 0.0769. The highest BCUT2D eigenvalue weighted by Crippen LogP contribution is 2.25. The van der Waals surface area contributed by atoms with E-state index in [4.69, 9.17) is 5.73 Å². The van der Waals surface area contributed by atoms with Crippen molar-refractivity contribution in [3.8, 4) is 0 Å². The van der Waals surface area contributed by atoms with Crippen molar-refractivity contribution in [2.24, 2.45) is 0 Å². The second-order valence-electron chi connectivity index (χ2n) is 4.00. The van der Waals surface area contributed by atoms with Gasteiger partial charge in [-0.15, -0.1) is 0 Å². The first-order chi connectivity index (χ1) is 8.93. The van der Waals surface area contributed by atoms with Crippen molar-refractivity contribution in [2.45, 2.75) is 4.90 Å². The lowest BCUT2D eigenvalue weighted by Gasteiger charge is -2.19. The number of hydrogen-bond donors (Lipinski definition) is 1. The minimum Gasteiger partial charge on any atom is -0.399 e. The van der Waals surface area contributed by atoms with Crippen molar-refractivity contribution in [3.05, 3.63) is 54.3 Å². The third kappa shape index (κ3) is 2.53. The molecule has 2 aromatic rings. The summed E-state index contributed by atoms with van der Waals surface area (Å²) in [6, 6.07) is 11.9. The average molecular weight is 280 g/mol. The number of halogens is 1. The van der Waals surface area contributed by atoms with E-state index in [1.807, 2.05) is 0 Å². The number of rotatable bonds is 3. The van der Waals surface area contributed by atoms with Crippen LogP contribution in [0.1, 0.15) is 0 Å². The van der Waals surface area contributed by atoms with Gasteiger partial charge in [0.2, 0.25) is 0 Å². The molecule has 0 aromatic heterocycles. The molecule has 0 atom stereocenters. The molecule has 2 aromatic carbocycles. The Morgan fingerprint density at radius 1 is 1.11 bits per heavy atom. The first kappa shape index (κ1) is 13.4. The van der Waals surface area contributed by atoms with Crippen molar-refractivity contribution in [1.29, 1.82) is 0 Å². The van der Waals surface area contributed by atoms with Crippen LogP contribution < -0.4 is 10.0 Å². The van der Waals surface area contributed by atoms with Crippen LogP contribution in [0.5, 0.6) is 0 Å². The third-order valence-electron chi connectivity index (χ3n) is 2.71. The van der Waals surface area contributed by atoms with Gasteiger partial charge >= 0.3 is 0 Å². The molecule has 0 radical (unpaired) electrons.